The minimum atomic E-state index is -4.15. The van der Waals surface area contributed by atoms with Gasteiger partial charge in [-0.05, 0) is 25.1 Å². The van der Waals surface area contributed by atoms with Crippen LogP contribution in [0.25, 0.3) is 0 Å². The van der Waals surface area contributed by atoms with Crippen molar-refractivity contribution in [2.45, 2.75) is 38.0 Å². The van der Waals surface area contributed by atoms with Crippen molar-refractivity contribution in [3.8, 4) is 11.5 Å². The average Bonchev–Trinajstić information content (AvgIpc) is 2.29. The fourth-order valence-corrected chi connectivity index (χ4v) is 3.31. The van der Waals surface area contributed by atoms with Crippen molar-refractivity contribution in [3.05, 3.63) is 23.8 Å². The highest BCUT2D eigenvalue weighted by Gasteiger charge is 2.80. The Morgan fingerprint density at radius 3 is 2.29 bits per heavy atom. The zero-order valence-electron chi connectivity index (χ0n) is 11.7. The summed E-state index contributed by atoms with van der Waals surface area (Å²) >= 11 is 0. The number of alkyl halides is 3. The van der Waals surface area contributed by atoms with Crippen molar-refractivity contribution in [1.82, 2.24) is 0 Å². The zero-order chi connectivity index (χ0) is 15.5. The van der Waals surface area contributed by atoms with E-state index in [1.807, 2.05) is 0 Å². The van der Waals surface area contributed by atoms with Gasteiger partial charge in [-0.1, -0.05) is 0 Å². The lowest BCUT2D eigenvalue weighted by atomic mass is 9.40. The summed E-state index contributed by atoms with van der Waals surface area (Å²) in [6, 6.07) is 4.71. The smallest absolute Gasteiger partial charge is 0.394 e. The van der Waals surface area contributed by atoms with E-state index in [2.05, 4.69) is 0 Å². The Balaban J connectivity index is 1.75. The minimum absolute atomic E-state index is 0.00111. The molecule has 0 saturated heterocycles. The summed E-state index contributed by atoms with van der Waals surface area (Å²) in [5, 5.41) is 0. The molecular weight excluding hydrogens is 285 g/mol. The van der Waals surface area contributed by atoms with Crippen molar-refractivity contribution < 1.29 is 27.4 Å². The maximum Gasteiger partial charge on any atom is 0.394 e. The first-order valence-corrected chi connectivity index (χ1v) is 6.65. The molecular formula is C15H15F3O3. The van der Waals surface area contributed by atoms with Gasteiger partial charge in [0, 0.05) is 24.8 Å². The van der Waals surface area contributed by atoms with Gasteiger partial charge in [0.15, 0.2) is 17.3 Å². The van der Waals surface area contributed by atoms with Crippen LogP contribution in [-0.2, 0) is 0 Å². The Bertz CT molecular complexity index is 587. The number of hydrogen-bond donors (Lipinski definition) is 0. The monoisotopic (exact) mass is 300 g/mol. The lowest BCUT2D eigenvalue weighted by Crippen LogP contribution is -2.75. The predicted molar refractivity (Wildman–Crippen MR) is 68.7 cm³/mol. The van der Waals surface area contributed by atoms with E-state index in [1.165, 1.54) is 14.0 Å². The zero-order valence-corrected chi connectivity index (χ0v) is 11.7. The molecule has 1 aromatic carbocycles. The third kappa shape index (κ3) is 2.00. The van der Waals surface area contributed by atoms with E-state index < -0.39 is 17.2 Å². The number of hydrogen-bond acceptors (Lipinski definition) is 3. The predicted octanol–water partition coefficient (Wildman–Crippen LogP) is 3.76. The molecule has 4 rings (SSSR count). The second kappa shape index (κ2) is 4.15. The number of halogens is 3. The van der Waals surface area contributed by atoms with Crippen LogP contribution in [0.5, 0.6) is 11.5 Å². The van der Waals surface area contributed by atoms with Gasteiger partial charge < -0.3 is 9.47 Å². The first-order chi connectivity index (χ1) is 9.70. The summed E-state index contributed by atoms with van der Waals surface area (Å²) in [6.07, 6.45) is -4.15. The van der Waals surface area contributed by atoms with Crippen LogP contribution in [0.15, 0.2) is 18.2 Å². The van der Waals surface area contributed by atoms with Crippen LogP contribution in [0, 0.1) is 5.41 Å². The number of rotatable bonds is 4. The molecule has 0 aliphatic heterocycles. The first kappa shape index (κ1) is 14.2. The number of ketones is 1. The molecule has 0 unspecified atom stereocenters. The summed E-state index contributed by atoms with van der Waals surface area (Å²) in [5.74, 6) is 0.646. The number of carbonyl (C=O) groups is 1. The quantitative estimate of drug-likeness (QED) is 0.794. The van der Waals surface area contributed by atoms with Crippen LogP contribution in [-0.4, -0.2) is 24.7 Å². The van der Waals surface area contributed by atoms with Crippen LogP contribution < -0.4 is 9.47 Å². The van der Waals surface area contributed by atoms with Gasteiger partial charge in [0.05, 0.1) is 12.5 Å². The van der Waals surface area contributed by atoms with E-state index in [0.717, 1.165) is 0 Å². The Labute approximate surface area is 120 Å². The van der Waals surface area contributed by atoms with E-state index in [4.69, 9.17) is 9.47 Å². The number of carbonyl (C=O) groups excluding carboxylic acids is 1. The van der Waals surface area contributed by atoms with E-state index in [1.54, 1.807) is 18.2 Å². The highest BCUT2D eigenvalue weighted by atomic mass is 19.4. The second-order valence-corrected chi connectivity index (χ2v) is 6.02. The molecule has 0 amide bonds. The maximum absolute atomic E-state index is 12.8. The molecule has 3 aliphatic rings. The molecule has 3 saturated carbocycles. The third-order valence-electron chi connectivity index (χ3n) is 4.48. The van der Waals surface area contributed by atoms with Crippen molar-refractivity contribution in [2.24, 2.45) is 5.41 Å². The third-order valence-corrected chi connectivity index (χ3v) is 4.48. The summed E-state index contributed by atoms with van der Waals surface area (Å²) in [5.41, 5.74) is -1.79. The standard InChI is InChI=1S/C15H15F3O3/c1-9(19)10-3-4-11(12(5-10)20-2)21-14-6-13(7-14,8-14)15(16,17)18/h3-5H,6-8H2,1-2H3. The van der Waals surface area contributed by atoms with Crippen molar-refractivity contribution >= 4 is 5.78 Å². The molecule has 0 N–H and O–H groups in total. The summed E-state index contributed by atoms with van der Waals surface area (Å²) in [4.78, 5) is 11.3. The number of Topliss-reactive ketones (excluding diaryl/α,β-unsaturated/α-hetero) is 1. The van der Waals surface area contributed by atoms with Crippen molar-refractivity contribution in [3.63, 3.8) is 0 Å². The molecule has 1 aromatic rings. The molecule has 0 atom stereocenters. The highest BCUT2D eigenvalue weighted by molar-refractivity contribution is 5.94. The van der Waals surface area contributed by atoms with Gasteiger partial charge in [0.25, 0.3) is 0 Å². The average molecular weight is 300 g/mol. The maximum atomic E-state index is 12.8. The number of ether oxygens (including phenoxy) is 2. The molecule has 3 nitrogen and oxygen atoms in total. The Hall–Kier alpha value is -1.72. The van der Waals surface area contributed by atoms with E-state index in [9.17, 15) is 18.0 Å². The van der Waals surface area contributed by atoms with Gasteiger partial charge in [-0.15, -0.1) is 0 Å². The molecule has 0 spiro atoms. The Morgan fingerprint density at radius 1 is 1.19 bits per heavy atom. The van der Waals surface area contributed by atoms with E-state index in [-0.39, 0.29) is 25.0 Å². The van der Waals surface area contributed by atoms with Gasteiger partial charge >= 0.3 is 6.18 Å². The first-order valence-electron chi connectivity index (χ1n) is 6.65. The van der Waals surface area contributed by atoms with Crippen LogP contribution in [0.2, 0.25) is 0 Å². The molecule has 114 valence electrons. The topological polar surface area (TPSA) is 35.5 Å². The molecule has 3 fully saturated rings. The van der Waals surface area contributed by atoms with Crippen LogP contribution in [0.4, 0.5) is 13.2 Å². The van der Waals surface area contributed by atoms with Gasteiger partial charge in [0.1, 0.15) is 5.60 Å². The van der Waals surface area contributed by atoms with Crippen molar-refractivity contribution in [1.29, 1.82) is 0 Å². The molecule has 2 bridgehead atoms. The lowest BCUT2D eigenvalue weighted by Gasteiger charge is -2.68. The molecule has 0 heterocycles. The van der Waals surface area contributed by atoms with Gasteiger partial charge in [-0.2, -0.15) is 13.2 Å². The van der Waals surface area contributed by atoms with Gasteiger partial charge in [-0.3, -0.25) is 4.79 Å². The van der Waals surface area contributed by atoms with E-state index >= 15 is 0 Å². The summed E-state index contributed by atoms with van der Waals surface area (Å²) in [6.45, 7) is 1.43. The highest BCUT2D eigenvalue weighted by Crippen LogP contribution is 2.74. The van der Waals surface area contributed by atoms with Crippen LogP contribution in [0.3, 0.4) is 0 Å². The second-order valence-electron chi connectivity index (χ2n) is 6.02. The van der Waals surface area contributed by atoms with Gasteiger partial charge in [0.2, 0.25) is 0 Å². The SMILES string of the molecule is COc1cc(C(C)=O)ccc1OC12CC(C(F)(F)F)(C1)C2. The summed E-state index contributed by atoms with van der Waals surface area (Å²) < 4.78 is 49.3. The van der Waals surface area contributed by atoms with Crippen LogP contribution >= 0.6 is 0 Å². The normalized spacial score (nSPS) is 30.1. The Kier molecular flexibility index (Phi) is 2.81. The largest absolute Gasteiger partial charge is 0.493 e. The molecule has 0 aromatic heterocycles. The van der Waals surface area contributed by atoms with Crippen molar-refractivity contribution in [2.75, 3.05) is 7.11 Å². The number of methoxy groups -OCH3 is 1. The Morgan fingerprint density at radius 2 is 1.81 bits per heavy atom. The van der Waals surface area contributed by atoms with Crippen LogP contribution in [0.1, 0.15) is 36.5 Å². The van der Waals surface area contributed by atoms with Gasteiger partial charge in [-0.25, -0.2) is 0 Å². The van der Waals surface area contributed by atoms with E-state index in [0.29, 0.717) is 17.1 Å². The molecule has 21 heavy (non-hydrogen) atoms. The minimum Gasteiger partial charge on any atom is -0.493 e. The fourth-order valence-electron chi connectivity index (χ4n) is 3.31. The fraction of sp³-hybridized carbons (Fsp3) is 0.533. The lowest BCUT2D eigenvalue weighted by molar-refractivity contribution is -0.373. The number of benzene rings is 1. The molecule has 6 heteroatoms. The molecule has 3 aliphatic carbocycles. The summed E-state index contributed by atoms with van der Waals surface area (Å²) in [7, 11) is 1.44. The molecule has 0 radical (unpaired) electrons.